The summed E-state index contributed by atoms with van der Waals surface area (Å²) in [5, 5.41) is 87.0. The minimum Gasteiger partial charge on any atom is -0.388 e. The number of hydrogen-bond donors (Lipinski definition) is 8. The second-order valence-corrected chi connectivity index (χ2v) is 17.4. The summed E-state index contributed by atoms with van der Waals surface area (Å²) in [5.41, 5.74) is 0. The summed E-state index contributed by atoms with van der Waals surface area (Å²) < 4.78 is 52.4. The van der Waals surface area contributed by atoms with Gasteiger partial charge in [-0.25, -0.2) is 0 Å². The Balaban J connectivity index is 2.08. The van der Waals surface area contributed by atoms with Crippen LogP contribution in [0.3, 0.4) is 0 Å². The lowest BCUT2D eigenvalue weighted by Crippen LogP contribution is -2.63. The lowest BCUT2D eigenvalue weighted by molar-refractivity contribution is -0.386. The van der Waals surface area contributed by atoms with Gasteiger partial charge < -0.3 is 83.5 Å². The minimum absolute atomic E-state index is 0.0158. The summed E-state index contributed by atoms with van der Waals surface area (Å²) in [6.07, 6.45) is -3.37. The Labute approximate surface area is 371 Å². The van der Waals surface area contributed by atoms with Crippen LogP contribution in [0.5, 0.6) is 0 Å². The summed E-state index contributed by atoms with van der Waals surface area (Å²) in [7, 11) is 0. The van der Waals surface area contributed by atoms with Crippen molar-refractivity contribution in [1.29, 1.82) is 0 Å². The maximum atomic E-state index is 11.5. The third-order valence-electron chi connectivity index (χ3n) is 11.9. The molecular weight excluding hydrogens is 812 g/mol. The van der Waals surface area contributed by atoms with E-state index < -0.39 is 79.7 Å². The minimum atomic E-state index is -2.24. The lowest BCUT2D eigenvalue weighted by atomic mass is 9.99. The fourth-order valence-corrected chi connectivity index (χ4v) is 7.52. The first-order valence-electron chi connectivity index (χ1n) is 23.7. The van der Waals surface area contributed by atoms with E-state index in [0.29, 0.717) is 37.6 Å². The van der Waals surface area contributed by atoms with Crippen LogP contribution >= 0.6 is 0 Å². The highest BCUT2D eigenvalue weighted by Crippen LogP contribution is 2.37. The largest absolute Gasteiger partial charge is 0.388 e. The number of hydrogen-bond acceptors (Lipinski definition) is 17. The topological polar surface area (TPSA) is 245 Å². The first kappa shape index (κ1) is 57.4. The Morgan fingerprint density at radius 2 is 0.871 bits per heavy atom. The van der Waals surface area contributed by atoms with Gasteiger partial charge in [0, 0.05) is 19.8 Å². The third kappa shape index (κ3) is 20.9. The van der Waals surface area contributed by atoms with E-state index in [2.05, 4.69) is 41.5 Å². The van der Waals surface area contributed by atoms with E-state index in [0.717, 1.165) is 77.0 Å². The first-order valence-corrected chi connectivity index (χ1v) is 23.7. The van der Waals surface area contributed by atoms with E-state index in [4.69, 9.17) is 42.6 Å². The van der Waals surface area contributed by atoms with Crippen LogP contribution in [-0.4, -0.2) is 193 Å². The van der Waals surface area contributed by atoms with Crippen LogP contribution in [0.4, 0.5) is 0 Å². The van der Waals surface area contributed by atoms with Crippen molar-refractivity contribution in [2.75, 3.05) is 79.3 Å². The highest BCUT2D eigenvalue weighted by molar-refractivity contribution is 4.99. The van der Waals surface area contributed by atoms with E-state index in [-0.39, 0.29) is 52.9 Å². The quantitative estimate of drug-likeness (QED) is 0.0444. The van der Waals surface area contributed by atoms with Crippen LogP contribution in [-0.2, 0) is 42.6 Å². The Morgan fingerprint density at radius 3 is 1.29 bits per heavy atom. The molecule has 15 atom stereocenters. The molecule has 2 rings (SSSR count). The predicted octanol–water partition coefficient (Wildman–Crippen LogP) is 2.46. The Kier molecular flexibility index (Phi) is 30.5. The van der Waals surface area contributed by atoms with Gasteiger partial charge >= 0.3 is 0 Å². The van der Waals surface area contributed by atoms with E-state index in [1.54, 1.807) is 0 Å². The highest BCUT2D eigenvalue weighted by Gasteiger charge is 2.59. The molecule has 2 heterocycles. The van der Waals surface area contributed by atoms with Crippen LogP contribution in [0.1, 0.15) is 119 Å². The summed E-state index contributed by atoms with van der Waals surface area (Å²) in [5.74, 6) is -1.08. The van der Waals surface area contributed by atoms with Crippen LogP contribution in [0.2, 0.25) is 0 Å². The van der Waals surface area contributed by atoms with Crippen molar-refractivity contribution in [3.05, 3.63) is 0 Å². The van der Waals surface area contributed by atoms with Gasteiger partial charge in [0.2, 0.25) is 5.79 Å². The molecule has 0 radical (unpaired) electrons. The molecule has 2 fully saturated rings. The molecule has 0 amide bonds. The van der Waals surface area contributed by atoms with Gasteiger partial charge in [0.15, 0.2) is 6.29 Å². The first-order chi connectivity index (χ1) is 29.8. The monoisotopic (exact) mass is 901 g/mol. The molecule has 2 aliphatic rings. The smallest absolute Gasteiger partial charge is 0.224 e. The molecule has 0 aliphatic carbocycles. The van der Waals surface area contributed by atoms with Crippen molar-refractivity contribution in [3.8, 4) is 0 Å². The van der Waals surface area contributed by atoms with Crippen molar-refractivity contribution >= 4 is 0 Å². The standard InChI is InChI=1S/C45H88O17/c1-7-13-16-31(10-4)19-54-22-34(46)25-57-28-37-39(49)41(51)42(52)44(60-37)62-45(30-59-27-36(48)24-56-21-33(12-6)18-15-9-3)43(53)40(50)38(61-45)29-58-26-35(47)23-55-20-32(11-5)17-14-8-2/h31-44,46-53H,7-30H2,1-6H3. The molecule has 0 saturated carbocycles. The molecular formula is C45H88O17. The van der Waals surface area contributed by atoms with Crippen molar-refractivity contribution < 1.29 is 83.5 Å². The summed E-state index contributed by atoms with van der Waals surface area (Å²) in [6.45, 7) is 12.5. The highest BCUT2D eigenvalue weighted by atomic mass is 16.8. The molecule has 15 unspecified atom stereocenters. The maximum absolute atomic E-state index is 11.5. The number of ether oxygens (including phenoxy) is 9. The van der Waals surface area contributed by atoms with E-state index >= 15 is 0 Å². The van der Waals surface area contributed by atoms with Gasteiger partial charge in [0.25, 0.3) is 0 Å². The van der Waals surface area contributed by atoms with Crippen molar-refractivity contribution in [3.63, 3.8) is 0 Å². The third-order valence-corrected chi connectivity index (χ3v) is 11.9. The van der Waals surface area contributed by atoms with Gasteiger partial charge in [-0.1, -0.05) is 99.3 Å². The average molecular weight is 901 g/mol. The molecule has 0 aromatic rings. The second-order valence-electron chi connectivity index (χ2n) is 17.4. The molecule has 8 N–H and O–H groups in total. The zero-order chi connectivity index (χ0) is 45.9. The summed E-state index contributed by atoms with van der Waals surface area (Å²) in [6, 6.07) is 0. The van der Waals surface area contributed by atoms with Crippen molar-refractivity contribution in [2.24, 2.45) is 17.8 Å². The molecule has 62 heavy (non-hydrogen) atoms. The molecule has 0 spiro atoms. The van der Waals surface area contributed by atoms with E-state index in [1.807, 2.05) is 0 Å². The Bertz CT molecular complexity index is 1080. The molecule has 0 bridgehead atoms. The van der Waals surface area contributed by atoms with E-state index in [9.17, 15) is 40.9 Å². The number of aliphatic hydroxyl groups is 8. The lowest BCUT2D eigenvalue weighted by Gasteiger charge is -2.44. The van der Waals surface area contributed by atoms with Gasteiger partial charge in [0.1, 0.15) is 67.6 Å². The molecule has 17 nitrogen and oxygen atoms in total. The van der Waals surface area contributed by atoms with Crippen molar-refractivity contribution in [2.45, 2.75) is 192 Å². The fraction of sp³-hybridized carbons (Fsp3) is 1.00. The Morgan fingerprint density at radius 1 is 0.468 bits per heavy atom. The normalized spacial score (nSPS) is 29.7. The van der Waals surface area contributed by atoms with E-state index in [1.165, 1.54) is 0 Å². The number of aliphatic hydroxyl groups excluding tert-OH is 8. The second kappa shape index (κ2) is 32.9. The van der Waals surface area contributed by atoms with Gasteiger partial charge in [-0.2, -0.15) is 0 Å². The number of rotatable bonds is 38. The summed E-state index contributed by atoms with van der Waals surface area (Å²) >= 11 is 0. The van der Waals surface area contributed by atoms with Gasteiger partial charge in [-0.05, 0) is 37.0 Å². The van der Waals surface area contributed by atoms with Crippen LogP contribution in [0.25, 0.3) is 0 Å². The predicted molar refractivity (Wildman–Crippen MR) is 230 cm³/mol. The molecule has 370 valence electrons. The average Bonchev–Trinajstić information content (AvgIpc) is 3.49. The zero-order valence-corrected chi connectivity index (χ0v) is 38.8. The van der Waals surface area contributed by atoms with Crippen LogP contribution in [0.15, 0.2) is 0 Å². The molecule has 0 aromatic carbocycles. The van der Waals surface area contributed by atoms with Gasteiger partial charge in [-0.3, -0.25) is 0 Å². The molecule has 2 aliphatic heterocycles. The SMILES string of the molecule is CCCCC(CC)COCC(O)COCC1OC(OC2(COCC(O)COCC(CC)CCCC)OC(COCC(O)COCC(CC)CCCC)C(O)C2O)C(O)C(O)C1O. The molecule has 0 aromatic heterocycles. The maximum Gasteiger partial charge on any atom is 0.224 e. The fourth-order valence-electron chi connectivity index (χ4n) is 7.52. The molecule has 2 saturated heterocycles. The van der Waals surface area contributed by atoms with Gasteiger partial charge in [-0.15, -0.1) is 0 Å². The van der Waals surface area contributed by atoms with Crippen LogP contribution in [0, 0.1) is 17.8 Å². The van der Waals surface area contributed by atoms with Gasteiger partial charge in [0.05, 0.1) is 52.9 Å². The molecule has 17 heteroatoms. The van der Waals surface area contributed by atoms with Crippen molar-refractivity contribution in [1.82, 2.24) is 0 Å². The number of unbranched alkanes of at least 4 members (excludes halogenated alkanes) is 3. The summed E-state index contributed by atoms with van der Waals surface area (Å²) in [4.78, 5) is 0. The Hall–Kier alpha value is -0.680. The van der Waals surface area contributed by atoms with Crippen LogP contribution < -0.4 is 0 Å². The zero-order valence-electron chi connectivity index (χ0n) is 38.8.